The van der Waals surface area contributed by atoms with Crippen molar-refractivity contribution in [3.8, 4) is 5.69 Å². The lowest BCUT2D eigenvalue weighted by Crippen LogP contribution is -2.31. The van der Waals surface area contributed by atoms with E-state index in [9.17, 15) is 22.8 Å². The lowest BCUT2D eigenvalue weighted by Gasteiger charge is -2.10. The highest BCUT2D eigenvalue weighted by atomic mass is 19.4. The van der Waals surface area contributed by atoms with Gasteiger partial charge in [0.25, 0.3) is 11.7 Å². The third-order valence-corrected chi connectivity index (χ3v) is 4.32. The standard InChI is InChI=1S/C20H17F3N4O2/c1-12-17(18(28)19(29)25-11-14-5-4-8-24-10-14)13(2)27(26-12)16-7-3-6-15(9-16)20(21,22)23/h3-10H,11H2,1-2H3,(H,25,29). The Morgan fingerprint density at radius 2 is 1.90 bits per heavy atom. The second-order valence-electron chi connectivity index (χ2n) is 6.38. The summed E-state index contributed by atoms with van der Waals surface area (Å²) in [6.07, 6.45) is -1.35. The van der Waals surface area contributed by atoms with Gasteiger partial charge in [0.2, 0.25) is 0 Å². The molecule has 0 aliphatic rings. The second-order valence-corrected chi connectivity index (χ2v) is 6.38. The van der Waals surface area contributed by atoms with Gasteiger partial charge in [0.15, 0.2) is 0 Å². The topological polar surface area (TPSA) is 76.9 Å². The minimum Gasteiger partial charge on any atom is -0.345 e. The molecule has 1 aromatic carbocycles. The zero-order valence-electron chi connectivity index (χ0n) is 15.6. The molecule has 0 saturated carbocycles. The first-order valence-corrected chi connectivity index (χ1v) is 8.63. The van der Waals surface area contributed by atoms with Crippen LogP contribution in [0.25, 0.3) is 5.69 Å². The second kappa shape index (κ2) is 7.86. The van der Waals surface area contributed by atoms with Crippen molar-refractivity contribution in [2.45, 2.75) is 26.6 Å². The molecule has 0 atom stereocenters. The van der Waals surface area contributed by atoms with Crippen LogP contribution in [-0.4, -0.2) is 26.5 Å². The van der Waals surface area contributed by atoms with Crippen molar-refractivity contribution in [3.63, 3.8) is 0 Å². The van der Waals surface area contributed by atoms with Crippen molar-refractivity contribution in [1.82, 2.24) is 20.1 Å². The maximum absolute atomic E-state index is 13.0. The Morgan fingerprint density at radius 1 is 1.14 bits per heavy atom. The molecule has 2 heterocycles. The predicted octanol–water partition coefficient (Wildman–Crippen LogP) is 3.40. The molecule has 0 aliphatic heterocycles. The monoisotopic (exact) mass is 402 g/mol. The summed E-state index contributed by atoms with van der Waals surface area (Å²) in [7, 11) is 0. The van der Waals surface area contributed by atoms with Gasteiger partial charge in [-0.15, -0.1) is 0 Å². The zero-order valence-corrected chi connectivity index (χ0v) is 15.6. The Hall–Kier alpha value is -3.49. The summed E-state index contributed by atoms with van der Waals surface area (Å²) >= 11 is 0. The van der Waals surface area contributed by atoms with E-state index in [1.807, 2.05) is 0 Å². The Kier molecular flexibility index (Phi) is 5.49. The molecule has 0 saturated heterocycles. The summed E-state index contributed by atoms with van der Waals surface area (Å²) in [5.41, 5.74) is 0.637. The van der Waals surface area contributed by atoms with Crippen LogP contribution < -0.4 is 5.32 Å². The number of carbonyl (C=O) groups excluding carboxylic acids is 2. The molecule has 0 unspecified atom stereocenters. The molecule has 0 fully saturated rings. The van der Waals surface area contributed by atoms with E-state index in [0.717, 1.165) is 17.7 Å². The first-order valence-electron chi connectivity index (χ1n) is 8.63. The van der Waals surface area contributed by atoms with Gasteiger partial charge in [-0.2, -0.15) is 18.3 Å². The summed E-state index contributed by atoms with van der Waals surface area (Å²) in [6, 6.07) is 8.06. The molecule has 29 heavy (non-hydrogen) atoms. The summed E-state index contributed by atoms with van der Waals surface area (Å²) in [6.45, 7) is 3.18. The molecular formula is C20H17F3N4O2. The average Bonchev–Trinajstić information content (AvgIpc) is 3.00. The van der Waals surface area contributed by atoms with Crippen LogP contribution in [0, 0.1) is 13.8 Å². The highest BCUT2D eigenvalue weighted by molar-refractivity contribution is 6.43. The van der Waals surface area contributed by atoms with Gasteiger partial charge in [-0.05, 0) is 43.7 Å². The van der Waals surface area contributed by atoms with E-state index < -0.39 is 23.4 Å². The van der Waals surface area contributed by atoms with Gasteiger partial charge < -0.3 is 5.32 Å². The van der Waals surface area contributed by atoms with E-state index in [1.54, 1.807) is 24.5 Å². The number of pyridine rings is 1. The number of hydrogen-bond acceptors (Lipinski definition) is 4. The largest absolute Gasteiger partial charge is 0.416 e. The normalized spacial score (nSPS) is 11.3. The van der Waals surface area contributed by atoms with Gasteiger partial charge >= 0.3 is 6.18 Å². The van der Waals surface area contributed by atoms with Crippen LogP contribution in [-0.2, 0) is 17.5 Å². The van der Waals surface area contributed by atoms with Crippen molar-refractivity contribution in [1.29, 1.82) is 0 Å². The number of aromatic nitrogens is 3. The maximum atomic E-state index is 13.0. The van der Waals surface area contributed by atoms with Gasteiger partial charge in [-0.1, -0.05) is 12.1 Å². The lowest BCUT2D eigenvalue weighted by atomic mass is 10.1. The van der Waals surface area contributed by atoms with Gasteiger partial charge in [-0.25, -0.2) is 4.68 Å². The molecule has 0 bridgehead atoms. The summed E-state index contributed by atoms with van der Waals surface area (Å²) < 4.78 is 40.2. The smallest absolute Gasteiger partial charge is 0.345 e. The molecule has 9 heteroatoms. The number of nitrogens with zero attached hydrogens (tertiary/aromatic N) is 3. The molecule has 0 radical (unpaired) electrons. The summed E-state index contributed by atoms with van der Waals surface area (Å²) in [4.78, 5) is 28.8. The number of nitrogens with one attached hydrogen (secondary N) is 1. The number of aryl methyl sites for hydroxylation is 1. The minimum absolute atomic E-state index is 0.0612. The average molecular weight is 402 g/mol. The highest BCUT2D eigenvalue weighted by Gasteiger charge is 2.31. The first-order chi connectivity index (χ1) is 13.7. The Labute approximate surface area is 164 Å². The fraction of sp³-hybridized carbons (Fsp3) is 0.200. The van der Waals surface area contributed by atoms with Crippen molar-refractivity contribution in [2.24, 2.45) is 0 Å². The SMILES string of the molecule is Cc1nn(-c2cccc(C(F)(F)F)c2)c(C)c1C(=O)C(=O)NCc1cccnc1. The van der Waals surface area contributed by atoms with Crippen LogP contribution in [0.2, 0.25) is 0 Å². The quantitative estimate of drug-likeness (QED) is 0.524. The van der Waals surface area contributed by atoms with Crippen LogP contribution in [0.1, 0.15) is 32.9 Å². The molecule has 3 rings (SSSR count). The maximum Gasteiger partial charge on any atom is 0.416 e. The summed E-state index contributed by atoms with van der Waals surface area (Å²) in [5, 5.41) is 6.68. The summed E-state index contributed by atoms with van der Waals surface area (Å²) in [5.74, 6) is -1.63. The van der Waals surface area contributed by atoms with E-state index in [1.165, 1.54) is 30.7 Å². The fourth-order valence-corrected chi connectivity index (χ4v) is 2.92. The molecule has 1 N–H and O–H groups in total. The molecule has 1 amide bonds. The van der Waals surface area contributed by atoms with Gasteiger partial charge in [-0.3, -0.25) is 14.6 Å². The molecule has 0 spiro atoms. The third-order valence-electron chi connectivity index (χ3n) is 4.32. The van der Waals surface area contributed by atoms with E-state index in [0.29, 0.717) is 0 Å². The van der Waals surface area contributed by atoms with E-state index in [4.69, 9.17) is 0 Å². The molecule has 150 valence electrons. The third kappa shape index (κ3) is 4.34. The molecule has 2 aromatic heterocycles. The number of halogens is 3. The van der Waals surface area contributed by atoms with Gasteiger partial charge in [0.1, 0.15) is 0 Å². The molecular weight excluding hydrogens is 385 g/mol. The van der Waals surface area contributed by atoms with Crippen LogP contribution in [0.3, 0.4) is 0 Å². The van der Waals surface area contributed by atoms with Crippen molar-refractivity contribution >= 4 is 11.7 Å². The molecule has 0 aliphatic carbocycles. The van der Waals surface area contributed by atoms with Crippen molar-refractivity contribution in [2.75, 3.05) is 0 Å². The number of hydrogen-bond donors (Lipinski definition) is 1. The number of amides is 1. The fourth-order valence-electron chi connectivity index (χ4n) is 2.92. The van der Waals surface area contributed by atoms with Crippen LogP contribution >= 0.6 is 0 Å². The zero-order chi connectivity index (χ0) is 21.2. The van der Waals surface area contributed by atoms with Crippen molar-refractivity contribution < 1.29 is 22.8 Å². The number of benzene rings is 1. The Balaban J connectivity index is 1.86. The van der Waals surface area contributed by atoms with E-state index >= 15 is 0 Å². The van der Waals surface area contributed by atoms with Crippen LogP contribution in [0.4, 0.5) is 13.2 Å². The lowest BCUT2D eigenvalue weighted by molar-refractivity contribution is -0.137. The van der Waals surface area contributed by atoms with E-state index in [2.05, 4.69) is 15.4 Å². The Morgan fingerprint density at radius 3 is 2.55 bits per heavy atom. The minimum atomic E-state index is -4.50. The van der Waals surface area contributed by atoms with Gasteiger partial charge in [0, 0.05) is 18.9 Å². The number of rotatable bonds is 5. The van der Waals surface area contributed by atoms with Crippen LogP contribution in [0.15, 0.2) is 48.8 Å². The first kappa shape index (κ1) is 20.2. The van der Waals surface area contributed by atoms with Crippen molar-refractivity contribution in [3.05, 3.63) is 76.9 Å². The van der Waals surface area contributed by atoms with E-state index in [-0.39, 0.29) is 29.2 Å². The number of alkyl halides is 3. The Bertz CT molecular complexity index is 1060. The molecule has 3 aromatic rings. The van der Waals surface area contributed by atoms with Crippen LogP contribution in [0.5, 0.6) is 0 Å². The number of carbonyl (C=O) groups is 2. The van der Waals surface area contributed by atoms with Gasteiger partial charge in [0.05, 0.1) is 28.2 Å². The number of ketones is 1. The molecule has 6 nitrogen and oxygen atoms in total. The predicted molar refractivity (Wildman–Crippen MR) is 98.5 cm³/mol. The number of Topliss-reactive ketones (excluding diaryl/α,β-unsaturated/α-hetero) is 1. The highest BCUT2D eigenvalue weighted by Crippen LogP contribution is 2.30.